The van der Waals surface area contributed by atoms with Gasteiger partial charge in [-0.1, -0.05) is 0 Å². The molecular formula is C19H36N4O7. The predicted molar refractivity (Wildman–Crippen MR) is 111 cm³/mol. The van der Waals surface area contributed by atoms with Crippen LogP contribution in [0.1, 0.15) is 62.3 Å². The van der Waals surface area contributed by atoms with Gasteiger partial charge in [-0.2, -0.15) is 0 Å². The highest BCUT2D eigenvalue weighted by molar-refractivity contribution is 5.98. The molecule has 0 rings (SSSR count). The van der Waals surface area contributed by atoms with Crippen LogP contribution in [0.2, 0.25) is 0 Å². The summed E-state index contributed by atoms with van der Waals surface area (Å²) >= 11 is 0. The second-order valence-electron chi connectivity index (χ2n) is 9.30. The SMILES string of the molecule is CN(OCCNC(=O)OC(C)(C)C)C(=NC(=O)OC(C)(C)C)NC(=O)OC(C)(C)C. The molecule has 0 saturated carbocycles. The van der Waals surface area contributed by atoms with E-state index in [1.165, 1.54) is 7.05 Å². The Hall–Kier alpha value is -2.56. The van der Waals surface area contributed by atoms with Gasteiger partial charge in [-0.25, -0.2) is 19.4 Å². The second kappa shape index (κ2) is 11.0. The highest BCUT2D eigenvalue weighted by Gasteiger charge is 2.22. The zero-order valence-electron chi connectivity index (χ0n) is 19.7. The number of nitrogens with one attached hydrogen (secondary N) is 2. The van der Waals surface area contributed by atoms with Crippen molar-refractivity contribution < 1.29 is 33.4 Å². The first-order chi connectivity index (χ1) is 13.4. The average Bonchev–Trinajstić information content (AvgIpc) is 2.45. The Bertz CT molecular complexity index is 628. The molecule has 0 aliphatic heterocycles. The summed E-state index contributed by atoms with van der Waals surface area (Å²) in [5.41, 5.74) is -2.14. The molecule has 0 fully saturated rings. The maximum atomic E-state index is 12.1. The lowest BCUT2D eigenvalue weighted by Crippen LogP contribution is -2.45. The average molecular weight is 433 g/mol. The van der Waals surface area contributed by atoms with Crippen molar-refractivity contribution in [3.05, 3.63) is 0 Å². The molecule has 11 heteroatoms. The van der Waals surface area contributed by atoms with Gasteiger partial charge < -0.3 is 19.5 Å². The van der Waals surface area contributed by atoms with Gasteiger partial charge in [-0.05, 0) is 62.3 Å². The van der Waals surface area contributed by atoms with E-state index in [4.69, 9.17) is 19.0 Å². The van der Waals surface area contributed by atoms with Gasteiger partial charge >= 0.3 is 18.3 Å². The molecule has 0 aromatic rings. The maximum absolute atomic E-state index is 12.1. The van der Waals surface area contributed by atoms with Crippen LogP contribution < -0.4 is 10.6 Å². The van der Waals surface area contributed by atoms with Crippen LogP contribution in [0.3, 0.4) is 0 Å². The minimum atomic E-state index is -0.920. The van der Waals surface area contributed by atoms with E-state index < -0.39 is 35.1 Å². The monoisotopic (exact) mass is 432 g/mol. The minimum Gasteiger partial charge on any atom is -0.444 e. The molecule has 0 bridgehead atoms. The van der Waals surface area contributed by atoms with E-state index in [0.717, 1.165) is 5.06 Å². The van der Waals surface area contributed by atoms with Crippen LogP contribution in [0.5, 0.6) is 0 Å². The number of ether oxygens (including phenoxy) is 3. The van der Waals surface area contributed by atoms with Gasteiger partial charge in [0.15, 0.2) is 0 Å². The number of carbonyl (C=O) groups is 3. The van der Waals surface area contributed by atoms with E-state index in [1.54, 1.807) is 62.3 Å². The Labute approximate surface area is 178 Å². The molecule has 174 valence electrons. The third-order valence-corrected chi connectivity index (χ3v) is 2.56. The van der Waals surface area contributed by atoms with Gasteiger partial charge in [-0.3, -0.25) is 10.2 Å². The summed E-state index contributed by atoms with van der Waals surface area (Å²) in [6, 6.07) is 0. The van der Waals surface area contributed by atoms with E-state index in [2.05, 4.69) is 15.6 Å². The van der Waals surface area contributed by atoms with Crippen molar-refractivity contribution in [2.24, 2.45) is 4.99 Å². The molecule has 0 atom stereocenters. The summed E-state index contributed by atoms with van der Waals surface area (Å²) in [6.45, 7) is 15.5. The summed E-state index contributed by atoms with van der Waals surface area (Å²) in [6.07, 6.45) is -2.34. The number of alkyl carbamates (subject to hydrolysis) is 2. The lowest BCUT2D eigenvalue weighted by Gasteiger charge is -2.24. The Balaban J connectivity index is 4.97. The predicted octanol–water partition coefficient (Wildman–Crippen LogP) is 3.19. The van der Waals surface area contributed by atoms with Gasteiger partial charge in [-0.15, -0.1) is 4.99 Å². The first-order valence-corrected chi connectivity index (χ1v) is 9.53. The molecule has 3 amide bonds. The van der Waals surface area contributed by atoms with E-state index in [-0.39, 0.29) is 19.1 Å². The van der Waals surface area contributed by atoms with E-state index in [0.29, 0.717) is 0 Å². The van der Waals surface area contributed by atoms with Crippen LogP contribution in [-0.2, 0) is 19.0 Å². The summed E-state index contributed by atoms with van der Waals surface area (Å²) in [5.74, 6) is -0.240. The van der Waals surface area contributed by atoms with Crippen LogP contribution in [0, 0.1) is 0 Å². The molecule has 0 spiro atoms. The Kier molecular flexibility index (Phi) is 10.1. The van der Waals surface area contributed by atoms with Crippen molar-refractivity contribution >= 4 is 24.2 Å². The van der Waals surface area contributed by atoms with Crippen molar-refractivity contribution in [2.75, 3.05) is 20.2 Å². The fourth-order valence-corrected chi connectivity index (χ4v) is 1.65. The van der Waals surface area contributed by atoms with E-state index in [9.17, 15) is 14.4 Å². The van der Waals surface area contributed by atoms with Crippen LogP contribution in [0.15, 0.2) is 4.99 Å². The molecule has 11 nitrogen and oxygen atoms in total. The molecule has 0 aliphatic rings. The van der Waals surface area contributed by atoms with Crippen LogP contribution in [0.4, 0.5) is 14.4 Å². The van der Waals surface area contributed by atoms with Gasteiger partial charge in [0.25, 0.3) is 0 Å². The third-order valence-electron chi connectivity index (χ3n) is 2.56. The van der Waals surface area contributed by atoms with E-state index >= 15 is 0 Å². The minimum absolute atomic E-state index is 0.0130. The smallest absolute Gasteiger partial charge is 0.437 e. The Morgan fingerprint density at radius 1 is 0.800 bits per heavy atom. The number of aliphatic imine (C=N–C) groups is 1. The largest absolute Gasteiger partial charge is 0.444 e. The van der Waals surface area contributed by atoms with Crippen molar-refractivity contribution in [3.8, 4) is 0 Å². The number of rotatable bonds is 4. The van der Waals surface area contributed by atoms with Crippen LogP contribution in [0.25, 0.3) is 0 Å². The zero-order chi connectivity index (χ0) is 23.8. The number of hydrogen-bond donors (Lipinski definition) is 2. The topological polar surface area (TPSA) is 128 Å². The van der Waals surface area contributed by atoms with Crippen molar-refractivity contribution in [1.29, 1.82) is 0 Å². The summed E-state index contributed by atoms with van der Waals surface area (Å²) < 4.78 is 15.4. The third kappa shape index (κ3) is 15.4. The molecule has 0 aliphatic carbocycles. The number of nitrogens with zero attached hydrogens (tertiary/aromatic N) is 2. The number of hydrogen-bond acceptors (Lipinski definition) is 7. The number of guanidine groups is 1. The molecule has 30 heavy (non-hydrogen) atoms. The molecule has 2 N–H and O–H groups in total. The Morgan fingerprint density at radius 2 is 1.27 bits per heavy atom. The van der Waals surface area contributed by atoms with Crippen molar-refractivity contribution in [3.63, 3.8) is 0 Å². The van der Waals surface area contributed by atoms with Gasteiger partial charge in [0, 0.05) is 13.6 Å². The van der Waals surface area contributed by atoms with E-state index in [1.807, 2.05) is 0 Å². The second-order valence-corrected chi connectivity index (χ2v) is 9.30. The quantitative estimate of drug-likeness (QED) is 0.228. The lowest BCUT2D eigenvalue weighted by atomic mass is 10.2. The van der Waals surface area contributed by atoms with Crippen molar-refractivity contribution in [2.45, 2.75) is 79.1 Å². The number of amides is 3. The highest BCUT2D eigenvalue weighted by Crippen LogP contribution is 2.09. The summed E-state index contributed by atoms with van der Waals surface area (Å²) in [4.78, 5) is 44.9. The van der Waals surface area contributed by atoms with Crippen LogP contribution >= 0.6 is 0 Å². The van der Waals surface area contributed by atoms with Gasteiger partial charge in [0.05, 0.1) is 6.61 Å². The van der Waals surface area contributed by atoms with Crippen molar-refractivity contribution in [1.82, 2.24) is 15.7 Å². The fourth-order valence-electron chi connectivity index (χ4n) is 1.65. The van der Waals surface area contributed by atoms with Gasteiger partial charge in [0.2, 0.25) is 5.96 Å². The normalized spacial score (nSPS) is 12.7. The first kappa shape index (κ1) is 27.4. The molecule has 0 aromatic heterocycles. The number of hydroxylamine groups is 2. The molecule has 0 heterocycles. The van der Waals surface area contributed by atoms with Gasteiger partial charge in [0.1, 0.15) is 16.8 Å². The fraction of sp³-hybridized carbons (Fsp3) is 0.789. The Morgan fingerprint density at radius 3 is 1.73 bits per heavy atom. The lowest BCUT2D eigenvalue weighted by molar-refractivity contribution is -0.0808. The van der Waals surface area contributed by atoms with Crippen LogP contribution in [-0.4, -0.2) is 66.3 Å². The first-order valence-electron chi connectivity index (χ1n) is 9.53. The maximum Gasteiger partial charge on any atom is 0.437 e. The molecule has 0 saturated heterocycles. The zero-order valence-corrected chi connectivity index (χ0v) is 19.7. The summed E-state index contributed by atoms with van der Waals surface area (Å²) in [5, 5.41) is 5.93. The molecule has 0 unspecified atom stereocenters. The molecular weight excluding hydrogens is 396 g/mol. The number of carbonyl (C=O) groups excluding carboxylic acids is 3. The summed E-state index contributed by atoms with van der Waals surface area (Å²) in [7, 11) is 1.42. The molecule has 0 radical (unpaired) electrons. The molecule has 0 aromatic carbocycles. The standard InChI is InChI=1S/C19H36N4O7/c1-17(2,3)28-14(24)20-11-12-27-23(10)13(21-15(25)29-18(4,5)6)22-16(26)30-19(7,8)9/h11-12H2,1-10H3,(H,20,24)(H,21,22,25,26). The highest BCUT2D eigenvalue weighted by atomic mass is 16.7.